The van der Waals surface area contributed by atoms with Crippen molar-refractivity contribution in [3.05, 3.63) is 46.7 Å². The van der Waals surface area contributed by atoms with Gasteiger partial charge in [0.05, 0.1) is 0 Å². The van der Waals surface area contributed by atoms with Crippen molar-refractivity contribution in [1.29, 1.82) is 5.26 Å². The Kier molecular flexibility index (Phi) is 4.03. The van der Waals surface area contributed by atoms with Crippen LogP contribution < -0.4 is 5.32 Å². The van der Waals surface area contributed by atoms with E-state index in [1.54, 1.807) is 0 Å². The Bertz CT molecular complexity index is 584. The van der Waals surface area contributed by atoms with Gasteiger partial charge in [0.1, 0.15) is 18.4 Å². The fourth-order valence-corrected chi connectivity index (χ4v) is 1.96. The van der Waals surface area contributed by atoms with Crippen molar-refractivity contribution >= 4 is 11.6 Å². The van der Waals surface area contributed by atoms with E-state index in [4.69, 9.17) is 21.3 Å². The average molecular weight is 262 g/mol. The number of hydrogen-bond donors (Lipinski definition) is 1. The summed E-state index contributed by atoms with van der Waals surface area (Å²) in [6.45, 7) is 3.08. The van der Waals surface area contributed by atoms with Gasteiger partial charge in [-0.05, 0) is 30.7 Å². The predicted molar refractivity (Wildman–Crippen MR) is 70.0 cm³/mol. The first kappa shape index (κ1) is 12.7. The maximum atomic E-state index is 8.47. The number of nitrogens with zero attached hydrogens (tertiary/aromatic N) is 1. The maximum Gasteiger partial charge on any atom is 0.163 e. The van der Waals surface area contributed by atoms with Gasteiger partial charge in [-0.2, -0.15) is 5.26 Å². The second-order valence-electron chi connectivity index (χ2n) is 4.03. The number of quaternary nitrogens is 1. The zero-order valence-corrected chi connectivity index (χ0v) is 10.9. The number of nitriles is 1. The molecule has 1 heterocycles. The summed E-state index contributed by atoms with van der Waals surface area (Å²) in [5.74, 6) is 1.68. The van der Waals surface area contributed by atoms with Crippen LogP contribution in [-0.2, 0) is 6.54 Å². The molecule has 0 aliphatic heterocycles. The number of furan rings is 1. The number of halogens is 1. The minimum Gasteiger partial charge on any atom is -0.455 e. The van der Waals surface area contributed by atoms with Crippen molar-refractivity contribution < 1.29 is 9.73 Å². The Morgan fingerprint density at radius 1 is 1.33 bits per heavy atom. The highest BCUT2D eigenvalue weighted by Gasteiger charge is 2.09. The molecule has 0 spiro atoms. The third-order valence-corrected chi connectivity index (χ3v) is 3.19. The molecular weight excluding hydrogens is 248 g/mol. The third kappa shape index (κ3) is 2.73. The standard InChI is InChI=1S/C14H13ClN2O/c1-10-12(3-2-4-13(10)15)14-6-5-11(18-14)9-17-8-7-16/h2-6,17H,8-9H2,1H3/p+1. The van der Waals surface area contributed by atoms with Crippen LogP contribution in [0.3, 0.4) is 0 Å². The van der Waals surface area contributed by atoms with Gasteiger partial charge in [0.25, 0.3) is 0 Å². The topological polar surface area (TPSA) is 53.5 Å². The molecule has 0 aliphatic rings. The Morgan fingerprint density at radius 3 is 2.94 bits per heavy atom. The van der Waals surface area contributed by atoms with E-state index < -0.39 is 0 Å². The molecule has 2 N–H and O–H groups in total. The Morgan fingerprint density at radius 2 is 2.17 bits per heavy atom. The first-order valence-electron chi connectivity index (χ1n) is 5.75. The van der Waals surface area contributed by atoms with Gasteiger partial charge in [-0.15, -0.1) is 0 Å². The zero-order chi connectivity index (χ0) is 13.0. The van der Waals surface area contributed by atoms with Crippen LogP contribution >= 0.6 is 11.6 Å². The highest BCUT2D eigenvalue weighted by atomic mass is 35.5. The van der Waals surface area contributed by atoms with Crippen molar-refractivity contribution in [3.8, 4) is 17.4 Å². The van der Waals surface area contributed by atoms with Crippen LogP contribution in [0.5, 0.6) is 0 Å². The van der Waals surface area contributed by atoms with E-state index in [1.807, 2.05) is 42.6 Å². The van der Waals surface area contributed by atoms with Crippen molar-refractivity contribution in [2.45, 2.75) is 13.5 Å². The van der Waals surface area contributed by atoms with Gasteiger partial charge in [-0.25, -0.2) is 0 Å². The molecule has 0 atom stereocenters. The van der Waals surface area contributed by atoms with Gasteiger partial charge < -0.3 is 9.73 Å². The number of benzene rings is 1. The molecule has 0 radical (unpaired) electrons. The molecule has 0 saturated carbocycles. The lowest BCUT2D eigenvalue weighted by molar-refractivity contribution is -0.662. The molecule has 1 aromatic heterocycles. The van der Waals surface area contributed by atoms with Crippen LogP contribution in [0.4, 0.5) is 0 Å². The van der Waals surface area contributed by atoms with Crippen molar-refractivity contribution in [2.24, 2.45) is 0 Å². The van der Waals surface area contributed by atoms with E-state index in [-0.39, 0.29) is 0 Å². The average Bonchev–Trinajstić information content (AvgIpc) is 2.82. The van der Waals surface area contributed by atoms with E-state index >= 15 is 0 Å². The highest BCUT2D eigenvalue weighted by molar-refractivity contribution is 6.31. The molecule has 0 saturated heterocycles. The van der Waals surface area contributed by atoms with Crippen molar-refractivity contribution in [1.82, 2.24) is 0 Å². The molecule has 92 valence electrons. The zero-order valence-electron chi connectivity index (χ0n) is 10.1. The Hall–Kier alpha value is -1.76. The fourth-order valence-electron chi connectivity index (χ4n) is 1.79. The summed E-state index contributed by atoms with van der Waals surface area (Å²) in [7, 11) is 0. The second-order valence-corrected chi connectivity index (χ2v) is 4.44. The molecule has 0 unspecified atom stereocenters. The third-order valence-electron chi connectivity index (χ3n) is 2.78. The number of hydrogen-bond acceptors (Lipinski definition) is 2. The molecule has 3 nitrogen and oxygen atoms in total. The lowest BCUT2D eigenvalue weighted by Crippen LogP contribution is -2.82. The van der Waals surface area contributed by atoms with Crippen LogP contribution in [0.25, 0.3) is 11.3 Å². The molecule has 2 aromatic rings. The van der Waals surface area contributed by atoms with Crippen molar-refractivity contribution in [2.75, 3.05) is 6.54 Å². The summed E-state index contributed by atoms with van der Waals surface area (Å²) in [6.07, 6.45) is 0. The van der Waals surface area contributed by atoms with E-state index in [0.29, 0.717) is 13.1 Å². The molecule has 4 heteroatoms. The van der Waals surface area contributed by atoms with Gasteiger partial charge in [-0.3, -0.25) is 0 Å². The van der Waals surface area contributed by atoms with Gasteiger partial charge in [0.15, 0.2) is 12.3 Å². The Balaban J connectivity index is 2.19. The van der Waals surface area contributed by atoms with E-state index in [0.717, 1.165) is 27.7 Å². The number of rotatable bonds is 4. The molecule has 0 fully saturated rings. The molecule has 0 amide bonds. The van der Waals surface area contributed by atoms with E-state index in [2.05, 4.69) is 6.07 Å². The number of nitrogens with two attached hydrogens (primary N) is 1. The summed E-state index contributed by atoms with van der Waals surface area (Å²) < 4.78 is 5.75. The quantitative estimate of drug-likeness (QED) is 0.679. The molecule has 1 aromatic carbocycles. The molecular formula is C14H14ClN2O+. The van der Waals surface area contributed by atoms with Crippen LogP contribution in [-0.4, -0.2) is 6.54 Å². The maximum absolute atomic E-state index is 8.47. The van der Waals surface area contributed by atoms with E-state index in [9.17, 15) is 0 Å². The summed E-state index contributed by atoms with van der Waals surface area (Å²) in [5, 5.41) is 11.1. The van der Waals surface area contributed by atoms with Crippen LogP contribution in [0.1, 0.15) is 11.3 Å². The molecule has 0 aliphatic carbocycles. The van der Waals surface area contributed by atoms with Gasteiger partial charge in [0, 0.05) is 10.6 Å². The minimum atomic E-state index is 0.437. The summed E-state index contributed by atoms with van der Waals surface area (Å²) in [6, 6.07) is 11.7. The van der Waals surface area contributed by atoms with Crippen molar-refractivity contribution in [3.63, 3.8) is 0 Å². The molecule has 0 bridgehead atoms. The molecule has 18 heavy (non-hydrogen) atoms. The summed E-state index contributed by atoms with van der Waals surface area (Å²) >= 11 is 6.09. The SMILES string of the molecule is Cc1c(Cl)cccc1-c1ccc(C[NH2+]CC#N)o1. The second kappa shape index (κ2) is 5.72. The van der Waals surface area contributed by atoms with Crippen LogP contribution in [0.2, 0.25) is 5.02 Å². The van der Waals surface area contributed by atoms with Crippen LogP contribution in [0, 0.1) is 18.3 Å². The largest absolute Gasteiger partial charge is 0.455 e. The first-order valence-corrected chi connectivity index (χ1v) is 6.13. The monoisotopic (exact) mass is 261 g/mol. The van der Waals surface area contributed by atoms with Gasteiger partial charge >= 0.3 is 0 Å². The van der Waals surface area contributed by atoms with Gasteiger partial charge in [0.2, 0.25) is 0 Å². The fraction of sp³-hybridized carbons (Fsp3) is 0.214. The minimum absolute atomic E-state index is 0.437. The summed E-state index contributed by atoms with van der Waals surface area (Å²) in [5.41, 5.74) is 2.02. The molecule has 2 rings (SSSR count). The first-order chi connectivity index (χ1) is 8.72. The smallest absolute Gasteiger partial charge is 0.163 e. The van der Waals surface area contributed by atoms with Crippen LogP contribution in [0.15, 0.2) is 34.7 Å². The Labute approximate surface area is 111 Å². The summed E-state index contributed by atoms with van der Waals surface area (Å²) in [4.78, 5) is 0. The highest BCUT2D eigenvalue weighted by Crippen LogP contribution is 2.29. The van der Waals surface area contributed by atoms with E-state index in [1.165, 1.54) is 0 Å². The predicted octanol–water partition coefficient (Wildman–Crippen LogP) is 2.50. The lowest BCUT2D eigenvalue weighted by atomic mass is 10.1. The lowest BCUT2D eigenvalue weighted by Gasteiger charge is -2.04. The van der Waals surface area contributed by atoms with Gasteiger partial charge in [-0.1, -0.05) is 23.7 Å². The normalized spacial score (nSPS) is 10.3.